The maximum absolute atomic E-state index is 10.4. The van der Waals surface area contributed by atoms with Crippen molar-refractivity contribution in [2.24, 2.45) is 0 Å². The molecule has 1 nitrogen and oxygen atoms in total. The molecule has 0 spiro atoms. The van der Waals surface area contributed by atoms with Crippen LogP contribution >= 0.6 is 23.2 Å². The maximum atomic E-state index is 10.4. The van der Waals surface area contributed by atoms with Gasteiger partial charge < -0.3 is 4.79 Å². The lowest BCUT2D eigenvalue weighted by atomic mass is 10.0. The van der Waals surface area contributed by atoms with E-state index in [0.29, 0.717) is 11.4 Å². The van der Waals surface area contributed by atoms with Gasteiger partial charge in [-0.25, -0.2) is 0 Å². The highest BCUT2D eigenvalue weighted by Gasteiger charge is 2.10. The van der Waals surface area contributed by atoms with Crippen molar-refractivity contribution in [2.45, 2.75) is 25.6 Å². The number of aryl methyl sites for hydroxylation is 2. The third kappa shape index (κ3) is 2.73. The molecule has 0 aliphatic rings. The quantitative estimate of drug-likeness (QED) is 0.576. The maximum Gasteiger partial charge on any atom is 0.138 e. The molecule has 1 atom stereocenters. The highest BCUT2D eigenvalue weighted by molar-refractivity contribution is 6.32. The minimum Gasteiger partial charge on any atom is -0.302 e. The van der Waals surface area contributed by atoms with Crippen LogP contribution in [0.2, 0.25) is 5.02 Å². The van der Waals surface area contributed by atoms with Crippen LogP contribution in [-0.2, 0) is 11.2 Å². The van der Waals surface area contributed by atoms with Gasteiger partial charge in [0.05, 0.1) is 5.38 Å². The van der Waals surface area contributed by atoms with Gasteiger partial charge in [0.1, 0.15) is 6.29 Å². The van der Waals surface area contributed by atoms with Crippen molar-refractivity contribution >= 4 is 29.5 Å². The number of carbonyl (C=O) groups is 1. The first-order valence-electron chi connectivity index (χ1n) is 4.39. The molecule has 0 saturated carbocycles. The summed E-state index contributed by atoms with van der Waals surface area (Å²) in [5.41, 5.74) is 3.17. The Balaban J connectivity index is 3.02. The van der Waals surface area contributed by atoms with Gasteiger partial charge in [0.2, 0.25) is 0 Å². The molecule has 0 bridgehead atoms. The van der Waals surface area contributed by atoms with E-state index >= 15 is 0 Å². The molecular formula is C11H12Cl2O. The van der Waals surface area contributed by atoms with Crippen molar-refractivity contribution in [3.63, 3.8) is 0 Å². The van der Waals surface area contributed by atoms with Crippen molar-refractivity contribution in [3.8, 4) is 0 Å². The molecule has 0 amide bonds. The van der Waals surface area contributed by atoms with Crippen molar-refractivity contribution in [1.29, 1.82) is 0 Å². The minimum atomic E-state index is -0.492. The van der Waals surface area contributed by atoms with Crippen LogP contribution in [0.25, 0.3) is 0 Å². The number of alkyl halides is 1. The Labute approximate surface area is 94.0 Å². The Morgan fingerprint density at radius 1 is 1.43 bits per heavy atom. The Hall–Kier alpha value is -0.530. The molecule has 1 rings (SSSR count). The smallest absolute Gasteiger partial charge is 0.138 e. The number of hydrogen-bond acceptors (Lipinski definition) is 1. The minimum absolute atomic E-state index is 0.492. The molecular weight excluding hydrogens is 219 g/mol. The summed E-state index contributed by atoms with van der Waals surface area (Å²) in [6, 6.07) is 3.92. The second-order valence-electron chi connectivity index (χ2n) is 3.40. The van der Waals surface area contributed by atoms with Crippen LogP contribution in [0.4, 0.5) is 0 Å². The molecule has 0 heterocycles. The van der Waals surface area contributed by atoms with E-state index in [4.69, 9.17) is 23.2 Å². The summed E-state index contributed by atoms with van der Waals surface area (Å²) < 4.78 is 0. The summed E-state index contributed by atoms with van der Waals surface area (Å²) in [5, 5.41) is 0.198. The van der Waals surface area contributed by atoms with Crippen LogP contribution in [0.5, 0.6) is 0 Å². The monoisotopic (exact) mass is 230 g/mol. The Bertz CT molecular complexity index is 324. The molecule has 0 radical (unpaired) electrons. The molecule has 0 aliphatic heterocycles. The van der Waals surface area contributed by atoms with Crippen LogP contribution in [0, 0.1) is 13.8 Å². The third-order valence-corrected chi connectivity index (χ3v) is 2.70. The van der Waals surface area contributed by atoms with Gasteiger partial charge in [-0.05, 0) is 43.0 Å². The van der Waals surface area contributed by atoms with Crippen LogP contribution in [0.1, 0.15) is 16.7 Å². The fraction of sp³-hybridized carbons (Fsp3) is 0.364. The van der Waals surface area contributed by atoms with Gasteiger partial charge in [-0.3, -0.25) is 0 Å². The summed E-state index contributed by atoms with van der Waals surface area (Å²) in [7, 11) is 0. The molecule has 1 unspecified atom stereocenters. The van der Waals surface area contributed by atoms with Gasteiger partial charge in [0, 0.05) is 5.02 Å². The number of carbonyl (C=O) groups excluding carboxylic acids is 1. The van der Waals surface area contributed by atoms with Crippen molar-refractivity contribution in [1.82, 2.24) is 0 Å². The van der Waals surface area contributed by atoms with Gasteiger partial charge in [-0.2, -0.15) is 0 Å². The second kappa shape index (κ2) is 4.81. The molecule has 14 heavy (non-hydrogen) atoms. The zero-order chi connectivity index (χ0) is 10.7. The van der Waals surface area contributed by atoms with Crippen LogP contribution in [-0.4, -0.2) is 11.7 Å². The molecule has 3 heteroatoms. The largest absolute Gasteiger partial charge is 0.302 e. The SMILES string of the molecule is Cc1cc(C)c(CC(Cl)C=O)c(Cl)c1. The Kier molecular flexibility index (Phi) is 3.97. The van der Waals surface area contributed by atoms with E-state index in [0.717, 1.165) is 23.0 Å². The van der Waals surface area contributed by atoms with Crippen LogP contribution < -0.4 is 0 Å². The molecule has 76 valence electrons. The molecule has 0 aliphatic carbocycles. The van der Waals surface area contributed by atoms with Crippen molar-refractivity contribution < 1.29 is 4.79 Å². The molecule has 1 aromatic rings. The van der Waals surface area contributed by atoms with E-state index in [1.165, 1.54) is 0 Å². The number of hydrogen-bond donors (Lipinski definition) is 0. The number of rotatable bonds is 3. The lowest BCUT2D eigenvalue weighted by molar-refractivity contribution is -0.107. The second-order valence-corrected chi connectivity index (χ2v) is 4.37. The van der Waals surface area contributed by atoms with Crippen molar-refractivity contribution in [3.05, 3.63) is 33.8 Å². The average molecular weight is 231 g/mol. The fourth-order valence-corrected chi connectivity index (χ4v) is 2.00. The summed E-state index contributed by atoms with van der Waals surface area (Å²) >= 11 is 11.8. The summed E-state index contributed by atoms with van der Waals surface area (Å²) in [6.07, 6.45) is 1.23. The van der Waals surface area contributed by atoms with Crippen LogP contribution in [0.15, 0.2) is 12.1 Å². The van der Waals surface area contributed by atoms with Gasteiger partial charge >= 0.3 is 0 Å². The first-order chi connectivity index (χ1) is 6.54. The van der Waals surface area contributed by atoms with Gasteiger partial charge in [-0.1, -0.05) is 17.7 Å². The Morgan fingerprint density at radius 2 is 2.07 bits per heavy atom. The summed E-state index contributed by atoms with van der Waals surface area (Å²) in [6.45, 7) is 3.96. The third-order valence-electron chi connectivity index (χ3n) is 2.11. The highest BCUT2D eigenvalue weighted by atomic mass is 35.5. The normalized spacial score (nSPS) is 12.6. The van der Waals surface area contributed by atoms with Crippen molar-refractivity contribution in [2.75, 3.05) is 0 Å². The summed E-state index contributed by atoms with van der Waals surface area (Å²) in [4.78, 5) is 10.4. The standard InChI is InChI=1S/C11H12Cl2O/c1-7-3-8(2)10(11(13)4-7)5-9(12)6-14/h3-4,6,9H,5H2,1-2H3. The first kappa shape index (κ1) is 11.5. The van der Waals surface area contributed by atoms with Gasteiger partial charge in [-0.15, -0.1) is 11.6 Å². The molecule has 0 aromatic heterocycles. The molecule has 0 saturated heterocycles. The molecule has 1 aromatic carbocycles. The van der Waals surface area contributed by atoms with E-state index in [1.54, 1.807) is 0 Å². The number of benzene rings is 1. The zero-order valence-electron chi connectivity index (χ0n) is 8.18. The topological polar surface area (TPSA) is 17.1 Å². The van der Waals surface area contributed by atoms with Crippen LogP contribution in [0.3, 0.4) is 0 Å². The van der Waals surface area contributed by atoms with E-state index in [-0.39, 0.29) is 0 Å². The number of aldehydes is 1. The fourth-order valence-electron chi connectivity index (χ4n) is 1.45. The number of halogens is 2. The summed E-state index contributed by atoms with van der Waals surface area (Å²) in [5.74, 6) is 0. The van der Waals surface area contributed by atoms with E-state index in [1.807, 2.05) is 26.0 Å². The predicted molar refractivity (Wildman–Crippen MR) is 60.3 cm³/mol. The lowest BCUT2D eigenvalue weighted by Crippen LogP contribution is -2.06. The average Bonchev–Trinajstić information content (AvgIpc) is 2.10. The predicted octanol–water partition coefficient (Wildman–Crippen LogP) is 3.31. The lowest BCUT2D eigenvalue weighted by Gasteiger charge is -2.10. The zero-order valence-corrected chi connectivity index (χ0v) is 9.69. The molecule has 0 N–H and O–H groups in total. The van der Waals surface area contributed by atoms with E-state index < -0.39 is 5.38 Å². The van der Waals surface area contributed by atoms with E-state index in [9.17, 15) is 4.79 Å². The van der Waals surface area contributed by atoms with Gasteiger partial charge in [0.25, 0.3) is 0 Å². The highest BCUT2D eigenvalue weighted by Crippen LogP contribution is 2.24. The van der Waals surface area contributed by atoms with Gasteiger partial charge in [0.15, 0.2) is 0 Å². The molecule has 0 fully saturated rings. The Morgan fingerprint density at radius 3 is 2.57 bits per heavy atom. The first-order valence-corrected chi connectivity index (χ1v) is 5.21. The van der Waals surface area contributed by atoms with E-state index in [2.05, 4.69) is 0 Å².